The number of allylic oxidation sites excluding steroid dienone is 4. The Hall–Kier alpha value is -3.92. The van der Waals surface area contributed by atoms with E-state index in [1.54, 1.807) is 12.2 Å². The molecule has 3 heterocycles. The number of carboxylic acids is 1. The topological polar surface area (TPSA) is 82.3 Å². The van der Waals surface area contributed by atoms with Crippen LogP contribution in [-0.4, -0.2) is 47.4 Å². The Kier molecular flexibility index (Phi) is 6.72. The second-order valence-corrected chi connectivity index (χ2v) is 11.2. The first-order valence-electron chi connectivity index (χ1n) is 12.5. The van der Waals surface area contributed by atoms with Gasteiger partial charge < -0.3 is 10.0 Å². The SMILES string of the molecule is [C-]#[N+]C1=C(C)/C(=C/C=C/C=C/c2cc3c4c(c2)C(C)(C)CCN4CCC3(C)C)C(=O)N(CC(=O)O)C1=O. The summed E-state index contributed by atoms with van der Waals surface area (Å²) in [5.74, 6) is -2.91. The van der Waals surface area contributed by atoms with Gasteiger partial charge in [-0.1, -0.05) is 58.1 Å². The molecule has 3 aliphatic heterocycles. The third-order valence-electron chi connectivity index (χ3n) is 7.78. The summed E-state index contributed by atoms with van der Waals surface area (Å²) in [5, 5.41) is 9.08. The van der Waals surface area contributed by atoms with E-state index in [0.29, 0.717) is 4.90 Å². The molecule has 0 bridgehead atoms. The van der Waals surface area contributed by atoms with Crippen LogP contribution in [0.15, 0.2) is 53.3 Å². The van der Waals surface area contributed by atoms with Crippen molar-refractivity contribution < 1.29 is 19.5 Å². The molecule has 4 rings (SSSR count). The molecule has 0 fully saturated rings. The molecule has 2 amide bonds. The number of nitrogens with zero attached hydrogens (tertiary/aromatic N) is 3. The number of carboxylic acid groups (broad SMARTS) is 1. The van der Waals surface area contributed by atoms with E-state index in [-0.39, 0.29) is 27.7 Å². The molecule has 0 saturated carbocycles. The smallest absolute Gasteiger partial charge is 0.323 e. The zero-order valence-corrected chi connectivity index (χ0v) is 22.1. The van der Waals surface area contributed by atoms with Gasteiger partial charge in [0.1, 0.15) is 6.54 Å². The van der Waals surface area contributed by atoms with Crippen LogP contribution in [0.4, 0.5) is 5.69 Å². The summed E-state index contributed by atoms with van der Waals surface area (Å²) in [4.78, 5) is 42.6. The minimum Gasteiger partial charge on any atom is -0.480 e. The summed E-state index contributed by atoms with van der Waals surface area (Å²) in [6, 6.07) is 4.56. The van der Waals surface area contributed by atoms with Crippen LogP contribution < -0.4 is 4.90 Å². The lowest BCUT2D eigenvalue weighted by Crippen LogP contribution is -2.45. The fourth-order valence-corrected chi connectivity index (χ4v) is 5.36. The molecule has 0 aliphatic carbocycles. The van der Waals surface area contributed by atoms with E-state index in [9.17, 15) is 14.4 Å². The summed E-state index contributed by atoms with van der Waals surface area (Å²) in [7, 11) is 0. The van der Waals surface area contributed by atoms with Crippen LogP contribution in [0.5, 0.6) is 0 Å². The minimum absolute atomic E-state index is 0.100. The van der Waals surface area contributed by atoms with Crippen LogP contribution in [0.1, 0.15) is 64.2 Å². The van der Waals surface area contributed by atoms with Crippen molar-refractivity contribution in [1.82, 2.24) is 4.90 Å². The fourth-order valence-electron chi connectivity index (χ4n) is 5.36. The first-order chi connectivity index (χ1) is 17.4. The Bertz CT molecular complexity index is 1310. The van der Waals surface area contributed by atoms with Crippen molar-refractivity contribution in [2.45, 2.75) is 58.3 Å². The summed E-state index contributed by atoms with van der Waals surface area (Å²) < 4.78 is 0. The summed E-state index contributed by atoms with van der Waals surface area (Å²) in [5.41, 5.74) is 5.65. The monoisotopic (exact) mass is 499 g/mol. The molecular formula is C30H33N3O4. The van der Waals surface area contributed by atoms with Crippen LogP contribution >= 0.6 is 0 Å². The van der Waals surface area contributed by atoms with Gasteiger partial charge in [-0.2, -0.15) is 0 Å². The zero-order chi connectivity index (χ0) is 27.1. The van der Waals surface area contributed by atoms with Crippen LogP contribution in [0.2, 0.25) is 0 Å². The number of carbonyl (C=O) groups is 3. The second kappa shape index (κ2) is 9.51. The maximum absolute atomic E-state index is 12.8. The van der Waals surface area contributed by atoms with Gasteiger partial charge >= 0.3 is 5.97 Å². The van der Waals surface area contributed by atoms with Gasteiger partial charge in [-0.15, -0.1) is 0 Å². The first-order valence-corrected chi connectivity index (χ1v) is 12.5. The predicted molar refractivity (Wildman–Crippen MR) is 144 cm³/mol. The Morgan fingerprint density at radius 3 is 2.16 bits per heavy atom. The number of amides is 2. The van der Waals surface area contributed by atoms with Crippen molar-refractivity contribution in [2.24, 2.45) is 0 Å². The molecule has 3 aliphatic rings. The van der Waals surface area contributed by atoms with Gasteiger partial charge in [0, 0.05) is 24.4 Å². The molecule has 7 nitrogen and oxygen atoms in total. The zero-order valence-electron chi connectivity index (χ0n) is 22.1. The molecule has 0 spiro atoms. The second-order valence-electron chi connectivity index (χ2n) is 11.2. The maximum atomic E-state index is 12.8. The Morgan fingerprint density at radius 1 is 1.03 bits per heavy atom. The van der Waals surface area contributed by atoms with Crippen molar-refractivity contribution >= 4 is 29.5 Å². The van der Waals surface area contributed by atoms with Crippen LogP contribution in [-0.2, 0) is 25.2 Å². The molecule has 0 saturated heterocycles. The first kappa shape index (κ1) is 26.2. The lowest BCUT2D eigenvalue weighted by Gasteiger charge is -2.48. The van der Waals surface area contributed by atoms with Gasteiger partial charge in [0.05, 0.1) is 6.57 Å². The summed E-state index contributed by atoms with van der Waals surface area (Å²) in [6.07, 6.45) is 11.2. The van der Waals surface area contributed by atoms with E-state index >= 15 is 0 Å². The molecule has 1 N–H and O–H groups in total. The van der Waals surface area contributed by atoms with Crippen molar-refractivity contribution in [3.63, 3.8) is 0 Å². The number of aliphatic carboxylic acids is 1. The average molecular weight is 500 g/mol. The van der Waals surface area contributed by atoms with Gasteiger partial charge in [-0.3, -0.25) is 19.3 Å². The van der Waals surface area contributed by atoms with E-state index in [0.717, 1.165) is 31.5 Å². The number of hydrogen-bond donors (Lipinski definition) is 1. The molecule has 37 heavy (non-hydrogen) atoms. The number of imide groups is 1. The normalized spacial score (nSPS) is 21.7. The van der Waals surface area contributed by atoms with Crippen LogP contribution in [0.3, 0.4) is 0 Å². The summed E-state index contributed by atoms with van der Waals surface area (Å²) >= 11 is 0. The highest BCUT2D eigenvalue weighted by Gasteiger charge is 2.40. The van der Waals surface area contributed by atoms with Gasteiger partial charge in [-0.05, 0) is 65.0 Å². The Balaban J connectivity index is 1.64. The predicted octanol–water partition coefficient (Wildman–Crippen LogP) is 5.00. The molecule has 0 radical (unpaired) electrons. The average Bonchev–Trinajstić information content (AvgIpc) is 2.82. The van der Waals surface area contributed by atoms with Gasteiger partial charge in [0.25, 0.3) is 17.5 Å². The van der Waals surface area contributed by atoms with Crippen molar-refractivity contribution in [2.75, 3.05) is 24.5 Å². The van der Waals surface area contributed by atoms with Gasteiger partial charge in [0.2, 0.25) is 0 Å². The fraction of sp³-hybridized carbons (Fsp3) is 0.400. The third kappa shape index (κ3) is 4.76. The molecule has 1 aromatic rings. The van der Waals surface area contributed by atoms with E-state index < -0.39 is 24.3 Å². The minimum atomic E-state index is -1.32. The molecule has 7 heteroatoms. The highest BCUT2D eigenvalue weighted by molar-refractivity contribution is 6.18. The number of anilines is 1. The molecule has 0 atom stereocenters. The molecular weight excluding hydrogens is 466 g/mol. The molecule has 0 unspecified atom stereocenters. The molecule has 0 aromatic heterocycles. The Morgan fingerprint density at radius 2 is 1.62 bits per heavy atom. The number of benzene rings is 1. The number of rotatable bonds is 5. The van der Waals surface area contributed by atoms with Gasteiger partial charge in [0.15, 0.2) is 0 Å². The van der Waals surface area contributed by atoms with E-state index in [1.807, 2.05) is 12.2 Å². The lowest BCUT2D eigenvalue weighted by atomic mass is 9.69. The summed E-state index contributed by atoms with van der Waals surface area (Å²) in [6.45, 7) is 19.5. The van der Waals surface area contributed by atoms with Crippen molar-refractivity contribution in [1.29, 1.82) is 0 Å². The highest BCUT2D eigenvalue weighted by Crippen LogP contribution is 2.49. The van der Waals surface area contributed by atoms with Gasteiger partial charge in [-0.25, -0.2) is 4.85 Å². The maximum Gasteiger partial charge on any atom is 0.323 e. The van der Waals surface area contributed by atoms with Crippen molar-refractivity contribution in [3.05, 3.63) is 81.4 Å². The van der Waals surface area contributed by atoms with Crippen molar-refractivity contribution in [3.8, 4) is 0 Å². The molecule has 192 valence electrons. The van der Waals surface area contributed by atoms with E-state index in [4.69, 9.17) is 11.7 Å². The number of carbonyl (C=O) groups excluding carboxylic acids is 2. The quantitative estimate of drug-likeness (QED) is 0.267. The standard InChI is InChI=1S/C30H33N3O4/c1-19-21(27(36)33(18-24(34)35)28(37)25(19)31-6)11-9-7-8-10-20-16-22-26-23(17-20)30(4,5)13-15-32(26)14-12-29(22,2)3/h7-11,16-17H,12-15,18H2,1-5H3,(H,34,35)/b9-7+,10-8+,21-11-. The molecule has 1 aromatic carbocycles. The highest BCUT2D eigenvalue weighted by atomic mass is 16.4. The number of hydrogen-bond acceptors (Lipinski definition) is 4. The lowest BCUT2D eigenvalue weighted by molar-refractivity contribution is -0.149. The Labute approximate surface area is 218 Å². The van der Waals surface area contributed by atoms with Crippen LogP contribution in [0, 0.1) is 6.57 Å². The van der Waals surface area contributed by atoms with E-state index in [2.05, 4.69) is 49.6 Å². The van der Waals surface area contributed by atoms with Crippen LogP contribution in [0.25, 0.3) is 10.9 Å². The van der Waals surface area contributed by atoms with E-state index in [1.165, 1.54) is 29.8 Å². The third-order valence-corrected chi connectivity index (χ3v) is 7.78. The largest absolute Gasteiger partial charge is 0.480 e.